The molecule has 0 amide bonds. The van der Waals surface area contributed by atoms with Gasteiger partial charge in [0.2, 0.25) is 0 Å². The summed E-state index contributed by atoms with van der Waals surface area (Å²) in [6.45, 7) is 10.9. The normalized spacial score (nSPS) is 15.2. The molecule has 0 atom stereocenters. The lowest BCUT2D eigenvalue weighted by atomic mass is 10.0. The number of hydrogen-bond donors (Lipinski definition) is 0. The van der Waals surface area contributed by atoms with Crippen molar-refractivity contribution in [2.45, 2.75) is 40.5 Å². The van der Waals surface area contributed by atoms with Crippen molar-refractivity contribution in [2.24, 2.45) is 9.98 Å². The smallest absolute Gasteiger partial charge is 0.132 e. The number of hydrogen-bond acceptors (Lipinski definition) is 2. The van der Waals surface area contributed by atoms with Gasteiger partial charge >= 0.3 is 0 Å². The van der Waals surface area contributed by atoms with Crippen LogP contribution in [0.4, 0.5) is 4.39 Å². The minimum Gasteiger partial charge on any atom is -0.360 e. The van der Waals surface area contributed by atoms with E-state index in [1.165, 1.54) is 6.07 Å². The lowest BCUT2D eigenvalue weighted by Gasteiger charge is -2.24. The van der Waals surface area contributed by atoms with Gasteiger partial charge in [0.15, 0.2) is 0 Å². The molecular formula is C21H28FN3. The Kier molecular flexibility index (Phi) is 7.11. The lowest BCUT2D eigenvalue weighted by Crippen LogP contribution is -2.30. The summed E-state index contributed by atoms with van der Waals surface area (Å²) >= 11 is 0. The summed E-state index contributed by atoms with van der Waals surface area (Å²) in [5, 5.41) is 0. The fraction of sp³-hybridized carbons (Fsp3) is 0.429. The third-order valence-electron chi connectivity index (χ3n) is 4.23. The maximum Gasteiger partial charge on any atom is 0.132 e. The molecule has 0 bridgehead atoms. The maximum atomic E-state index is 14.5. The van der Waals surface area contributed by atoms with Crippen molar-refractivity contribution in [1.29, 1.82) is 0 Å². The van der Waals surface area contributed by atoms with Crippen molar-refractivity contribution in [3.05, 3.63) is 53.4 Å². The Morgan fingerprint density at radius 1 is 1.16 bits per heavy atom. The summed E-state index contributed by atoms with van der Waals surface area (Å²) in [5.41, 5.74) is 2.98. The van der Waals surface area contributed by atoms with Crippen LogP contribution in [0.2, 0.25) is 0 Å². The molecule has 3 nitrogen and oxygen atoms in total. The average molecular weight is 341 g/mol. The first-order chi connectivity index (χ1) is 12.1. The van der Waals surface area contributed by atoms with Crippen LogP contribution in [0.25, 0.3) is 5.70 Å². The fourth-order valence-electron chi connectivity index (χ4n) is 2.94. The Labute approximate surface area is 150 Å². The highest BCUT2D eigenvalue weighted by Crippen LogP contribution is 2.25. The molecule has 4 heteroatoms. The molecular weight excluding hydrogens is 313 g/mol. The van der Waals surface area contributed by atoms with E-state index in [1.807, 2.05) is 32.1 Å². The van der Waals surface area contributed by atoms with Crippen molar-refractivity contribution in [1.82, 2.24) is 4.90 Å². The number of rotatable bonds is 7. The zero-order chi connectivity index (χ0) is 18.2. The molecule has 1 aromatic carbocycles. The molecule has 1 heterocycles. The van der Waals surface area contributed by atoms with Crippen molar-refractivity contribution < 1.29 is 4.39 Å². The fourth-order valence-corrected chi connectivity index (χ4v) is 2.94. The molecule has 1 aliphatic rings. The molecule has 0 radical (unpaired) electrons. The van der Waals surface area contributed by atoms with Crippen LogP contribution in [0.1, 0.15) is 46.1 Å². The van der Waals surface area contributed by atoms with Gasteiger partial charge in [0.05, 0.1) is 18.0 Å². The van der Waals surface area contributed by atoms with Gasteiger partial charge in [-0.25, -0.2) is 9.38 Å². The van der Waals surface area contributed by atoms with Crippen LogP contribution in [0.15, 0.2) is 52.0 Å². The predicted octanol–water partition coefficient (Wildman–Crippen LogP) is 5.11. The van der Waals surface area contributed by atoms with E-state index in [-0.39, 0.29) is 5.82 Å². The molecule has 0 saturated heterocycles. The number of allylic oxidation sites excluding steroid dienone is 2. The zero-order valence-electron chi connectivity index (χ0n) is 15.7. The molecule has 0 saturated carbocycles. The molecule has 1 aliphatic heterocycles. The van der Waals surface area contributed by atoms with Gasteiger partial charge < -0.3 is 4.90 Å². The van der Waals surface area contributed by atoms with E-state index in [9.17, 15) is 4.39 Å². The predicted molar refractivity (Wildman–Crippen MR) is 106 cm³/mol. The highest BCUT2D eigenvalue weighted by molar-refractivity contribution is 6.14. The summed E-state index contributed by atoms with van der Waals surface area (Å²) in [6, 6.07) is 6.82. The van der Waals surface area contributed by atoms with Crippen LogP contribution in [0.3, 0.4) is 0 Å². The number of amidine groups is 1. The van der Waals surface area contributed by atoms with Gasteiger partial charge in [-0.3, -0.25) is 4.99 Å². The summed E-state index contributed by atoms with van der Waals surface area (Å²) in [5.74, 6) is 0.664. The van der Waals surface area contributed by atoms with E-state index >= 15 is 0 Å². The number of benzene rings is 1. The largest absolute Gasteiger partial charge is 0.360 e. The third kappa shape index (κ3) is 4.88. The number of nitrogens with zero attached hydrogens (tertiary/aromatic N) is 3. The Hall–Kier alpha value is -2.23. The molecule has 0 unspecified atom stereocenters. The zero-order valence-corrected chi connectivity index (χ0v) is 15.7. The first kappa shape index (κ1) is 19.1. The first-order valence-electron chi connectivity index (χ1n) is 9.05. The van der Waals surface area contributed by atoms with Gasteiger partial charge in [-0.1, -0.05) is 32.1 Å². The highest BCUT2D eigenvalue weighted by Gasteiger charge is 2.15. The molecule has 0 aromatic heterocycles. The van der Waals surface area contributed by atoms with Gasteiger partial charge in [0, 0.05) is 24.2 Å². The van der Waals surface area contributed by atoms with E-state index in [0.29, 0.717) is 17.8 Å². The third-order valence-corrected chi connectivity index (χ3v) is 4.23. The highest BCUT2D eigenvalue weighted by atomic mass is 19.1. The van der Waals surface area contributed by atoms with Crippen molar-refractivity contribution in [2.75, 3.05) is 19.6 Å². The van der Waals surface area contributed by atoms with Crippen LogP contribution < -0.4 is 0 Å². The average Bonchev–Trinajstić information content (AvgIpc) is 3.14. The van der Waals surface area contributed by atoms with E-state index < -0.39 is 0 Å². The van der Waals surface area contributed by atoms with Crippen molar-refractivity contribution in [3.63, 3.8) is 0 Å². The van der Waals surface area contributed by atoms with Gasteiger partial charge in [0.25, 0.3) is 0 Å². The van der Waals surface area contributed by atoms with Gasteiger partial charge in [-0.05, 0) is 44.9 Å². The Morgan fingerprint density at radius 2 is 1.84 bits per heavy atom. The summed E-state index contributed by atoms with van der Waals surface area (Å²) in [6.07, 6.45) is 6.10. The van der Waals surface area contributed by atoms with Crippen LogP contribution in [0.5, 0.6) is 0 Å². The topological polar surface area (TPSA) is 28.0 Å². The molecule has 0 spiro atoms. The molecule has 134 valence electrons. The molecule has 25 heavy (non-hydrogen) atoms. The lowest BCUT2D eigenvalue weighted by molar-refractivity contribution is 0.415. The molecule has 0 aliphatic carbocycles. The molecule has 0 fully saturated rings. The monoisotopic (exact) mass is 341 g/mol. The maximum absolute atomic E-state index is 14.5. The van der Waals surface area contributed by atoms with Gasteiger partial charge in [-0.2, -0.15) is 0 Å². The Balaban J connectivity index is 2.52. The van der Waals surface area contributed by atoms with Gasteiger partial charge in [0.1, 0.15) is 11.7 Å². The number of aliphatic imine (C=N–C) groups is 2. The number of halogens is 1. The molecule has 2 rings (SSSR count). The van der Waals surface area contributed by atoms with Gasteiger partial charge in [-0.15, -0.1) is 0 Å². The molecule has 0 N–H and O–H groups in total. The standard InChI is InChI=1S/C21H28FN3/c1-5-14-25(15-6-2)17(4)24-21(16(3)20-12-9-13-23-20)18-10-7-8-11-19(18)22/h7-12H,5-6,13-15H2,1-4H3/b21-16+,24-17?. The van der Waals surface area contributed by atoms with Crippen molar-refractivity contribution in [3.8, 4) is 0 Å². The van der Waals surface area contributed by atoms with E-state index in [2.05, 4.69) is 23.7 Å². The van der Waals surface area contributed by atoms with E-state index in [4.69, 9.17) is 4.99 Å². The quantitative estimate of drug-likeness (QED) is 0.500. The first-order valence-corrected chi connectivity index (χ1v) is 9.05. The van der Waals surface area contributed by atoms with E-state index in [1.54, 1.807) is 12.1 Å². The van der Waals surface area contributed by atoms with Crippen LogP contribution >= 0.6 is 0 Å². The van der Waals surface area contributed by atoms with Crippen LogP contribution in [0, 0.1) is 5.82 Å². The second-order valence-corrected chi connectivity index (χ2v) is 6.23. The second kappa shape index (κ2) is 9.30. The van der Waals surface area contributed by atoms with Crippen LogP contribution in [-0.2, 0) is 0 Å². The summed E-state index contributed by atoms with van der Waals surface area (Å²) in [4.78, 5) is 11.6. The van der Waals surface area contributed by atoms with Crippen LogP contribution in [-0.4, -0.2) is 36.1 Å². The Morgan fingerprint density at radius 3 is 2.40 bits per heavy atom. The minimum absolute atomic E-state index is 0.256. The SMILES string of the molecule is CCCN(CCC)C(C)=N/C(=C(\C)C1=NCC=C1)c1ccccc1F. The summed E-state index contributed by atoms with van der Waals surface area (Å²) < 4.78 is 14.5. The second-order valence-electron chi connectivity index (χ2n) is 6.23. The van der Waals surface area contributed by atoms with Crippen molar-refractivity contribution >= 4 is 17.2 Å². The molecule has 1 aromatic rings. The summed E-state index contributed by atoms with van der Waals surface area (Å²) in [7, 11) is 0. The Bertz CT molecular complexity index is 708. The minimum atomic E-state index is -0.256. The van der Waals surface area contributed by atoms with E-state index in [0.717, 1.165) is 43.1 Å².